The monoisotopic (exact) mass is 672 g/mol. The molecule has 0 radical (unpaired) electrons. The summed E-state index contributed by atoms with van der Waals surface area (Å²) in [6, 6.07) is 0. The third-order valence-corrected chi connectivity index (χ3v) is 8.00. The summed E-state index contributed by atoms with van der Waals surface area (Å²) in [6.07, 6.45) is 26.9. The Bertz CT molecular complexity index is 1190. The number of cyclic esters (lactones) is 4. The van der Waals surface area contributed by atoms with Crippen molar-refractivity contribution in [3.63, 3.8) is 0 Å². The number of allylic oxidation sites excluding steroid dienone is 4. The second-order valence-electron chi connectivity index (χ2n) is 13.1. The van der Waals surface area contributed by atoms with Crippen molar-refractivity contribution in [2.45, 2.75) is 136 Å². The summed E-state index contributed by atoms with van der Waals surface area (Å²) in [5, 5.41) is 0. The van der Waals surface area contributed by atoms with Crippen molar-refractivity contribution in [3.8, 4) is 0 Å². The van der Waals surface area contributed by atoms with Gasteiger partial charge in [0.25, 0.3) is 0 Å². The molecule has 10 nitrogen and oxygen atoms in total. The third-order valence-electron chi connectivity index (χ3n) is 8.00. The van der Waals surface area contributed by atoms with E-state index in [0.29, 0.717) is 30.3 Å². The van der Waals surface area contributed by atoms with E-state index in [1.807, 2.05) is 12.2 Å². The number of esters is 2. The molecule has 0 saturated carbocycles. The van der Waals surface area contributed by atoms with Gasteiger partial charge in [-0.3, -0.25) is 0 Å². The van der Waals surface area contributed by atoms with E-state index < -0.39 is 29.5 Å². The van der Waals surface area contributed by atoms with Crippen LogP contribution in [0, 0.1) is 5.92 Å². The van der Waals surface area contributed by atoms with E-state index in [1.54, 1.807) is 39.8 Å². The normalized spacial score (nSPS) is 19.2. The fourth-order valence-electron chi connectivity index (χ4n) is 5.29. The molecular weight excluding hydrogens is 616 g/mol. The molecule has 0 spiro atoms. The Morgan fingerprint density at radius 3 is 1.65 bits per heavy atom. The van der Waals surface area contributed by atoms with E-state index in [0.717, 1.165) is 44.9 Å². The lowest BCUT2D eigenvalue weighted by Gasteiger charge is -2.15. The predicted octanol–water partition coefficient (Wildman–Crippen LogP) is 9.50. The van der Waals surface area contributed by atoms with Crippen LogP contribution in [0.25, 0.3) is 0 Å². The summed E-state index contributed by atoms with van der Waals surface area (Å²) in [5.74, 6) is 0.729. The highest BCUT2D eigenvalue weighted by molar-refractivity contribution is 5.82. The molecule has 0 aliphatic carbocycles. The molecule has 2 rings (SSSR count). The maximum atomic E-state index is 12.1. The van der Waals surface area contributed by atoms with Crippen LogP contribution in [-0.2, 0) is 38.0 Å². The number of rotatable bonds is 23. The number of ether oxygens (including phenoxy) is 6. The van der Waals surface area contributed by atoms with Crippen molar-refractivity contribution >= 4 is 24.2 Å². The Labute approximate surface area is 286 Å². The third kappa shape index (κ3) is 16.8. The molecule has 2 fully saturated rings. The minimum absolute atomic E-state index is 0.193. The molecule has 2 aliphatic rings. The molecule has 0 aromatic heterocycles. The fraction of sp³-hybridized carbons (Fsp3) is 0.632. The van der Waals surface area contributed by atoms with Gasteiger partial charge in [0.05, 0.1) is 13.2 Å². The average molecular weight is 673 g/mol. The minimum Gasteiger partial charge on any atom is -0.462 e. The van der Waals surface area contributed by atoms with E-state index in [4.69, 9.17) is 28.4 Å². The zero-order chi connectivity index (χ0) is 35.3. The molecule has 10 heteroatoms. The van der Waals surface area contributed by atoms with E-state index in [-0.39, 0.29) is 19.2 Å². The standard InChI is InChI=1S/C38H56O10/c1-6-7-8-14-21-30(23-17-18-27-34(40)44-29-20-25-32-38(4,5)48-36(42)46-32)22-15-12-10-9-11-13-16-26-33(39)43-28-19-24-31-37(2,3)47-35(41)45-31/h9-10,16,18,24-27,30H,6-8,11-15,17,19-23,28-29H2,1-5H3/b10-9+,26-16+,27-18+,31-24-,32-25-. The summed E-state index contributed by atoms with van der Waals surface area (Å²) in [4.78, 5) is 46.6. The van der Waals surface area contributed by atoms with Crippen molar-refractivity contribution in [1.29, 1.82) is 0 Å². The van der Waals surface area contributed by atoms with Gasteiger partial charge in [-0.15, -0.1) is 0 Å². The Balaban J connectivity index is 1.58. The molecule has 48 heavy (non-hydrogen) atoms. The van der Waals surface area contributed by atoms with E-state index in [2.05, 4.69) is 19.1 Å². The Morgan fingerprint density at radius 1 is 0.625 bits per heavy atom. The zero-order valence-corrected chi connectivity index (χ0v) is 29.6. The van der Waals surface area contributed by atoms with Gasteiger partial charge in [0, 0.05) is 25.0 Å². The number of hydrogen-bond donors (Lipinski definition) is 0. The van der Waals surface area contributed by atoms with Crippen LogP contribution in [0.4, 0.5) is 9.59 Å². The fourth-order valence-corrected chi connectivity index (χ4v) is 5.29. The molecule has 2 saturated heterocycles. The first-order valence-electron chi connectivity index (χ1n) is 17.5. The van der Waals surface area contributed by atoms with Gasteiger partial charge < -0.3 is 28.4 Å². The van der Waals surface area contributed by atoms with Crippen LogP contribution in [0.15, 0.2) is 60.1 Å². The number of hydrogen-bond acceptors (Lipinski definition) is 10. The molecule has 0 amide bonds. The number of carbonyl (C=O) groups excluding carboxylic acids is 4. The molecule has 2 aliphatic heterocycles. The van der Waals surface area contributed by atoms with Crippen LogP contribution in [0.3, 0.4) is 0 Å². The lowest BCUT2D eigenvalue weighted by Crippen LogP contribution is -2.20. The Hall–Kier alpha value is -3.82. The van der Waals surface area contributed by atoms with Crippen LogP contribution in [0.5, 0.6) is 0 Å². The van der Waals surface area contributed by atoms with Crippen molar-refractivity contribution in [1.82, 2.24) is 0 Å². The highest BCUT2D eigenvalue weighted by Gasteiger charge is 2.39. The van der Waals surface area contributed by atoms with Gasteiger partial charge in [-0.25, -0.2) is 19.2 Å². The lowest BCUT2D eigenvalue weighted by molar-refractivity contribution is -0.138. The topological polar surface area (TPSA) is 124 Å². The summed E-state index contributed by atoms with van der Waals surface area (Å²) in [7, 11) is 0. The molecule has 0 bridgehead atoms. The second kappa shape index (κ2) is 21.9. The van der Waals surface area contributed by atoms with Crippen LogP contribution >= 0.6 is 0 Å². The van der Waals surface area contributed by atoms with Crippen LogP contribution in [-0.4, -0.2) is 48.7 Å². The average Bonchev–Trinajstić information content (AvgIpc) is 3.45. The molecule has 1 unspecified atom stereocenters. The summed E-state index contributed by atoms with van der Waals surface area (Å²) >= 11 is 0. The molecule has 1 atom stereocenters. The molecule has 268 valence electrons. The molecule has 0 N–H and O–H groups in total. The first-order chi connectivity index (χ1) is 22.9. The van der Waals surface area contributed by atoms with Crippen LogP contribution < -0.4 is 0 Å². The van der Waals surface area contributed by atoms with Crippen molar-refractivity contribution in [3.05, 3.63) is 60.1 Å². The second-order valence-corrected chi connectivity index (χ2v) is 13.1. The zero-order valence-electron chi connectivity index (χ0n) is 29.6. The summed E-state index contributed by atoms with van der Waals surface area (Å²) < 4.78 is 30.6. The van der Waals surface area contributed by atoms with Gasteiger partial charge in [0.2, 0.25) is 0 Å². The minimum atomic E-state index is -0.798. The first kappa shape index (κ1) is 40.4. The highest BCUT2D eigenvalue weighted by Crippen LogP contribution is 2.31. The van der Waals surface area contributed by atoms with E-state index >= 15 is 0 Å². The molecular formula is C38H56O10. The van der Waals surface area contributed by atoms with Crippen molar-refractivity contribution < 1.29 is 47.6 Å². The van der Waals surface area contributed by atoms with Gasteiger partial charge in [0.1, 0.15) is 0 Å². The van der Waals surface area contributed by atoms with Crippen LogP contribution in [0.2, 0.25) is 0 Å². The first-order valence-corrected chi connectivity index (χ1v) is 17.5. The van der Waals surface area contributed by atoms with Gasteiger partial charge >= 0.3 is 24.2 Å². The predicted molar refractivity (Wildman–Crippen MR) is 183 cm³/mol. The largest absolute Gasteiger partial charge is 0.514 e. The van der Waals surface area contributed by atoms with E-state index in [1.165, 1.54) is 44.3 Å². The van der Waals surface area contributed by atoms with Gasteiger partial charge in [-0.05, 0) is 84.3 Å². The number of carbonyl (C=O) groups is 4. The maximum absolute atomic E-state index is 12.1. The quantitative estimate of drug-likeness (QED) is 0.0341. The maximum Gasteiger partial charge on any atom is 0.514 e. The number of unbranched alkanes of at least 4 members (excludes halogenated alkanes) is 5. The summed E-state index contributed by atoms with van der Waals surface area (Å²) in [5.41, 5.74) is -1.60. The lowest BCUT2D eigenvalue weighted by atomic mass is 9.91. The summed E-state index contributed by atoms with van der Waals surface area (Å²) in [6.45, 7) is 9.59. The Kier molecular flexibility index (Phi) is 18.4. The smallest absolute Gasteiger partial charge is 0.462 e. The molecule has 0 aromatic carbocycles. The van der Waals surface area contributed by atoms with E-state index in [9.17, 15) is 19.2 Å². The SMILES string of the molecule is CCCCCCC(CC/C=C/C(=O)OCC/C=C1\OC(=O)OC1(C)C)CCC/C=C/CC/C=C/C(=O)OCC/C=C1\OC(=O)OC1(C)C. The van der Waals surface area contributed by atoms with Gasteiger partial charge in [-0.1, -0.05) is 69.8 Å². The van der Waals surface area contributed by atoms with Crippen LogP contribution in [0.1, 0.15) is 125 Å². The van der Waals surface area contributed by atoms with Crippen molar-refractivity contribution in [2.24, 2.45) is 5.92 Å². The van der Waals surface area contributed by atoms with Crippen molar-refractivity contribution in [2.75, 3.05) is 13.2 Å². The molecule has 2 heterocycles. The molecule has 0 aromatic rings. The Morgan fingerprint density at radius 2 is 1.12 bits per heavy atom. The highest BCUT2D eigenvalue weighted by atomic mass is 16.8. The van der Waals surface area contributed by atoms with Gasteiger partial charge in [0.15, 0.2) is 22.7 Å². The van der Waals surface area contributed by atoms with Gasteiger partial charge in [-0.2, -0.15) is 0 Å².